The van der Waals surface area contributed by atoms with Crippen molar-refractivity contribution in [3.63, 3.8) is 0 Å². The third kappa shape index (κ3) is 9.86. The highest BCUT2D eigenvalue weighted by molar-refractivity contribution is 5.96. The monoisotopic (exact) mass is 657 g/mol. The summed E-state index contributed by atoms with van der Waals surface area (Å²) in [6.07, 6.45) is -3.72. The van der Waals surface area contributed by atoms with Gasteiger partial charge in [0.25, 0.3) is 0 Å². The highest BCUT2D eigenvalue weighted by Crippen LogP contribution is 2.30. The van der Waals surface area contributed by atoms with Gasteiger partial charge in [0.2, 0.25) is 5.91 Å². The highest BCUT2D eigenvalue weighted by Gasteiger charge is 2.31. The maximum atomic E-state index is 14.9. The van der Waals surface area contributed by atoms with Crippen LogP contribution < -0.4 is 21.7 Å². The Morgan fingerprint density at radius 1 is 1.02 bits per heavy atom. The smallest absolute Gasteiger partial charge is 0.407 e. The molecule has 4 atom stereocenters. The predicted octanol–water partition coefficient (Wildman–Crippen LogP) is 4.31. The van der Waals surface area contributed by atoms with Crippen molar-refractivity contribution in [3.05, 3.63) is 94.8 Å². The van der Waals surface area contributed by atoms with Crippen molar-refractivity contribution in [1.29, 1.82) is 0 Å². The lowest BCUT2D eigenvalue weighted by atomic mass is 9.84. The van der Waals surface area contributed by atoms with E-state index >= 15 is 0 Å². The molecule has 46 heavy (non-hydrogen) atoms. The van der Waals surface area contributed by atoms with Gasteiger partial charge in [-0.25, -0.2) is 22.4 Å². The molecule has 1 aromatic heterocycles. The maximum absolute atomic E-state index is 14.9. The van der Waals surface area contributed by atoms with Gasteiger partial charge in [0.05, 0.1) is 42.9 Å². The van der Waals surface area contributed by atoms with Gasteiger partial charge in [0.15, 0.2) is 0 Å². The van der Waals surface area contributed by atoms with Crippen LogP contribution in [0.5, 0.6) is 0 Å². The molecular formula is C30H30F7N5O4. The molecule has 0 radical (unpaired) electrons. The molecule has 1 fully saturated rings. The Morgan fingerprint density at radius 2 is 1.72 bits per heavy atom. The van der Waals surface area contributed by atoms with Gasteiger partial charge in [-0.05, 0) is 48.2 Å². The number of hydrogen-bond donors (Lipinski definition) is 4. The summed E-state index contributed by atoms with van der Waals surface area (Å²) in [5.41, 5.74) is 6.72. The third-order valence-corrected chi connectivity index (χ3v) is 7.13. The molecule has 5 N–H and O–H groups in total. The second-order valence-electron chi connectivity index (χ2n) is 10.6. The molecule has 2 aromatic carbocycles. The number of benzene rings is 2. The van der Waals surface area contributed by atoms with Crippen LogP contribution in [0.1, 0.15) is 29.0 Å². The summed E-state index contributed by atoms with van der Waals surface area (Å²) in [7, 11) is 0. The van der Waals surface area contributed by atoms with Crippen molar-refractivity contribution in [2.45, 2.75) is 43.1 Å². The topological polar surface area (TPSA) is 128 Å². The first kappa shape index (κ1) is 34.6. The number of rotatable bonds is 11. The highest BCUT2D eigenvalue weighted by atomic mass is 19.4. The number of hydrogen-bond acceptors (Lipinski definition) is 7. The van der Waals surface area contributed by atoms with E-state index in [0.717, 1.165) is 30.5 Å². The van der Waals surface area contributed by atoms with Crippen molar-refractivity contribution in [2.75, 3.05) is 31.6 Å². The van der Waals surface area contributed by atoms with E-state index in [0.29, 0.717) is 11.6 Å². The molecule has 1 aliphatic rings. The number of nitrogens with two attached hydrogens (primary N) is 1. The molecule has 1 aliphatic heterocycles. The van der Waals surface area contributed by atoms with Crippen LogP contribution in [0.25, 0.3) is 0 Å². The van der Waals surface area contributed by atoms with Crippen LogP contribution in [0, 0.1) is 23.3 Å². The number of carbonyl (C=O) groups is 2. The lowest BCUT2D eigenvalue weighted by molar-refractivity contribution is -0.124. The molecule has 0 aliphatic carbocycles. The van der Waals surface area contributed by atoms with E-state index in [-0.39, 0.29) is 49.4 Å². The van der Waals surface area contributed by atoms with Gasteiger partial charge >= 0.3 is 12.3 Å². The van der Waals surface area contributed by atoms with Crippen molar-refractivity contribution in [3.8, 4) is 0 Å². The molecule has 2 heterocycles. The largest absolute Gasteiger partial charge is 0.448 e. The number of pyridine rings is 1. The molecule has 0 unspecified atom stereocenters. The van der Waals surface area contributed by atoms with E-state index in [1.165, 1.54) is 18.3 Å². The van der Waals surface area contributed by atoms with Crippen molar-refractivity contribution >= 4 is 17.7 Å². The van der Waals surface area contributed by atoms with Gasteiger partial charge in [-0.1, -0.05) is 12.1 Å². The Kier molecular flexibility index (Phi) is 11.5. The molecular weight excluding hydrogens is 627 g/mol. The summed E-state index contributed by atoms with van der Waals surface area (Å²) in [4.78, 5) is 28.6. The number of carbonyl (C=O) groups excluding carboxylic acids is 2. The number of halogens is 7. The summed E-state index contributed by atoms with van der Waals surface area (Å²) in [5, 5.41) is 7.18. The fourth-order valence-corrected chi connectivity index (χ4v) is 4.89. The van der Waals surface area contributed by atoms with E-state index in [9.17, 15) is 40.3 Å². The number of ether oxygens (including phenoxy) is 2. The SMILES string of the molecule is N[C@H](C(=O)Nc1cncc(F)c1CC[C@@H]1CN[C@@H](COC(=O)NCC(F)(F)F)CO1)[C@@H](c1ccc(F)cc1)c1cc(F)cc(F)c1. The Hall–Kier alpha value is -4.28. The minimum atomic E-state index is -4.57. The number of alkyl halides is 3. The average Bonchev–Trinajstić information content (AvgIpc) is 2.99. The fourth-order valence-electron chi connectivity index (χ4n) is 4.89. The normalized spacial score (nSPS) is 18.0. The maximum Gasteiger partial charge on any atom is 0.407 e. The van der Waals surface area contributed by atoms with E-state index < -0.39 is 72.1 Å². The predicted molar refractivity (Wildman–Crippen MR) is 151 cm³/mol. The van der Waals surface area contributed by atoms with Gasteiger partial charge in [0, 0.05) is 24.1 Å². The first-order valence-corrected chi connectivity index (χ1v) is 14.0. The van der Waals surface area contributed by atoms with Crippen molar-refractivity contribution in [1.82, 2.24) is 15.6 Å². The van der Waals surface area contributed by atoms with E-state index in [1.54, 1.807) is 5.32 Å². The van der Waals surface area contributed by atoms with Crippen LogP contribution >= 0.6 is 0 Å². The summed E-state index contributed by atoms with van der Waals surface area (Å²) in [6.45, 7) is -1.46. The lowest BCUT2D eigenvalue weighted by Crippen LogP contribution is -2.49. The molecule has 2 amide bonds. The molecule has 3 aromatic rings. The molecule has 0 saturated carbocycles. The van der Waals surface area contributed by atoms with Gasteiger partial charge in [-0.15, -0.1) is 0 Å². The molecule has 248 valence electrons. The van der Waals surface area contributed by atoms with Crippen LogP contribution in [-0.2, 0) is 20.7 Å². The molecule has 4 rings (SSSR count). The molecule has 0 bridgehead atoms. The van der Waals surface area contributed by atoms with E-state index in [2.05, 4.69) is 15.6 Å². The second kappa shape index (κ2) is 15.3. The average molecular weight is 658 g/mol. The number of anilines is 1. The van der Waals surface area contributed by atoms with Crippen molar-refractivity contribution < 1.29 is 49.8 Å². The number of morpholine rings is 1. The Balaban J connectivity index is 1.37. The van der Waals surface area contributed by atoms with E-state index in [4.69, 9.17) is 15.2 Å². The molecule has 16 heteroatoms. The van der Waals surface area contributed by atoms with Crippen LogP contribution in [0.4, 0.5) is 41.2 Å². The van der Waals surface area contributed by atoms with Crippen LogP contribution in [0.15, 0.2) is 54.9 Å². The number of amides is 2. The second-order valence-corrected chi connectivity index (χ2v) is 10.6. The molecule has 0 spiro atoms. The van der Waals surface area contributed by atoms with Crippen LogP contribution in [0.3, 0.4) is 0 Å². The van der Waals surface area contributed by atoms with Crippen LogP contribution in [0.2, 0.25) is 0 Å². The molecule has 1 saturated heterocycles. The minimum absolute atomic E-state index is 0.00337. The number of aromatic nitrogens is 1. The number of nitrogens with zero attached hydrogens (tertiary/aromatic N) is 1. The summed E-state index contributed by atoms with van der Waals surface area (Å²) in [5.74, 6) is -5.05. The minimum Gasteiger partial charge on any atom is -0.448 e. The summed E-state index contributed by atoms with van der Waals surface area (Å²) >= 11 is 0. The lowest BCUT2D eigenvalue weighted by Gasteiger charge is -2.30. The van der Waals surface area contributed by atoms with E-state index in [1.807, 2.05) is 0 Å². The summed E-state index contributed by atoms with van der Waals surface area (Å²) < 4.78 is 104. The van der Waals surface area contributed by atoms with Crippen molar-refractivity contribution in [2.24, 2.45) is 5.73 Å². The number of alkyl carbamates (subject to hydrolysis) is 1. The quantitative estimate of drug-likeness (QED) is 0.227. The Morgan fingerprint density at radius 3 is 2.35 bits per heavy atom. The summed E-state index contributed by atoms with van der Waals surface area (Å²) in [6, 6.07) is 5.64. The van der Waals surface area contributed by atoms with Gasteiger partial charge in [0.1, 0.15) is 36.4 Å². The first-order valence-electron chi connectivity index (χ1n) is 14.0. The standard InChI is InChI=1S/C30H30F7N5O4/c31-18-3-1-16(2-4-18)26(17-7-19(32)9-20(33)8-17)27(38)28(43)42-25-12-39-11-24(34)23(25)6-5-22-10-40-21(13-45-22)14-46-29(44)41-15-30(35,36)37/h1-4,7-9,11-12,21-22,26-27,40H,5-6,10,13-15,38H2,(H,41,44)(H,42,43)/t21-,22-,26+,27+/m1/s1. The molecule has 9 nitrogen and oxygen atoms in total. The Bertz CT molecular complexity index is 1480. The van der Waals surface area contributed by atoms with Gasteiger partial charge in [-0.2, -0.15) is 13.2 Å². The fraction of sp³-hybridized carbons (Fsp3) is 0.367. The van der Waals surface area contributed by atoms with Crippen LogP contribution in [-0.4, -0.2) is 67.7 Å². The zero-order valence-corrected chi connectivity index (χ0v) is 24.1. The zero-order chi connectivity index (χ0) is 33.4. The first-order chi connectivity index (χ1) is 21.8. The number of nitrogens with one attached hydrogen (secondary N) is 3. The Labute approximate surface area is 258 Å². The third-order valence-electron chi connectivity index (χ3n) is 7.13. The zero-order valence-electron chi connectivity index (χ0n) is 24.1. The van der Waals surface area contributed by atoms with Gasteiger partial charge in [-0.3, -0.25) is 9.78 Å². The van der Waals surface area contributed by atoms with Gasteiger partial charge < -0.3 is 31.2 Å².